The second-order valence-corrected chi connectivity index (χ2v) is 7.05. The standard InChI is InChI=1S/C18H32N2O/c1-8-21-17-10-9-15(13(2)19)11-16(17)12-20(7)14(3)18(4,5)6/h9-11,13-14H,8,12,19H2,1-7H3. The minimum absolute atomic E-state index is 0.0461. The molecule has 2 atom stereocenters. The summed E-state index contributed by atoms with van der Waals surface area (Å²) in [4.78, 5) is 2.38. The number of rotatable bonds is 6. The van der Waals surface area contributed by atoms with E-state index in [-0.39, 0.29) is 11.5 Å². The van der Waals surface area contributed by atoms with Gasteiger partial charge in [-0.1, -0.05) is 26.8 Å². The molecule has 2 unspecified atom stereocenters. The predicted molar refractivity (Wildman–Crippen MR) is 90.6 cm³/mol. The number of nitrogens with two attached hydrogens (primary N) is 1. The fourth-order valence-corrected chi connectivity index (χ4v) is 2.37. The zero-order valence-electron chi connectivity index (χ0n) is 14.7. The molecule has 0 aliphatic rings. The van der Waals surface area contributed by atoms with Gasteiger partial charge in [-0.15, -0.1) is 0 Å². The Morgan fingerprint density at radius 1 is 1.24 bits per heavy atom. The molecule has 21 heavy (non-hydrogen) atoms. The first kappa shape index (κ1) is 18.0. The van der Waals surface area contributed by atoms with Gasteiger partial charge in [0.1, 0.15) is 5.75 Å². The monoisotopic (exact) mass is 292 g/mol. The minimum Gasteiger partial charge on any atom is -0.494 e. The summed E-state index contributed by atoms with van der Waals surface area (Å²) in [6, 6.07) is 6.82. The van der Waals surface area contributed by atoms with E-state index < -0.39 is 0 Å². The molecular formula is C18H32N2O. The molecule has 3 nitrogen and oxygen atoms in total. The molecular weight excluding hydrogens is 260 g/mol. The van der Waals surface area contributed by atoms with Crippen molar-refractivity contribution in [3.05, 3.63) is 29.3 Å². The number of ether oxygens (including phenoxy) is 1. The van der Waals surface area contributed by atoms with Crippen LogP contribution in [0, 0.1) is 5.41 Å². The highest BCUT2D eigenvalue weighted by atomic mass is 16.5. The van der Waals surface area contributed by atoms with Gasteiger partial charge in [0.2, 0.25) is 0 Å². The van der Waals surface area contributed by atoms with Crippen LogP contribution in [-0.2, 0) is 6.54 Å². The van der Waals surface area contributed by atoms with Crippen LogP contribution in [0.3, 0.4) is 0 Å². The van der Waals surface area contributed by atoms with Crippen LogP contribution in [0.15, 0.2) is 18.2 Å². The van der Waals surface area contributed by atoms with Gasteiger partial charge in [-0.25, -0.2) is 0 Å². The highest BCUT2D eigenvalue weighted by molar-refractivity contribution is 5.38. The summed E-state index contributed by atoms with van der Waals surface area (Å²) in [7, 11) is 2.17. The highest BCUT2D eigenvalue weighted by Gasteiger charge is 2.24. The average molecular weight is 292 g/mol. The Bertz CT molecular complexity index is 449. The molecule has 0 spiro atoms. The third kappa shape index (κ3) is 5.01. The molecule has 3 heteroatoms. The Kier molecular flexibility index (Phi) is 6.24. The van der Waals surface area contributed by atoms with E-state index in [0.29, 0.717) is 12.6 Å². The summed E-state index contributed by atoms with van der Waals surface area (Å²) in [5, 5.41) is 0. The van der Waals surface area contributed by atoms with Crippen LogP contribution in [-0.4, -0.2) is 24.6 Å². The third-order valence-corrected chi connectivity index (χ3v) is 4.24. The van der Waals surface area contributed by atoms with Crippen molar-refractivity contribution < 1.29 is 4.74 Å². The number of nitrogens with zero attached hydrogens (tertiary/aromatic N) is 1. The third-order valence-electron chi connectivity index (χ3n) is 4.24. The van der Waals surface area contributed by atoms with Crippen LogP contribution in [0.5, 0.6) is 5.75 Å². The summed E-state index contributed by atoms with van der Waals surface area (Å²) < 4.78 is 5.77. The Hall–Kier alpha value is -1.06. The van der Waals surface area contributed by atoms with E-state index in [1.165, 1.54) is 5.56 Å². The van der Waals surface area contributed by atoms with E-state index in [2.05, 4.69) is 51.8 Å². The largest absolute Gasteiger partial charge is 0.494 e. The van der Waals surface area contributed by atoms with Crippen molar-refractivity contribution in [2.75, 3.05) is 13.7 Å². The average Bonchev–Trinajstić information content (AvgIpc) is 2.38. The van der Waals surface area contributed by atoms with Gasteiger partial charge in [-0.3, -0.25) is 4.90 Å². The fourth-order valence-electron chi connectivity index (χ4n) is 2.37. The minimum atomic E-state index is 0.0461. The number of hydrogen-bond acceptors (Lipinski definition) is 3. The molecule has 0 aliphatic heterocycles. The van der Waals surface area contributed by atoms with Crippen LogP contribution >= 0.6 is 0 Å². The van der Waals surface area contributed by atoms with Gasteiger partial charge in [-0.05, 0) is 50.9 Å². The molecule has 0 radical (unpaired) electrons. The van der Waals surface area contributed by atoms with Crippen LogP contribution in [0.25, 0.3) is 0 Å². The topological polar surface area (TPSA) is 38.5 Å². The second kappa shape index (κ2) is 7.28. The van der Waals surface area contributed by atoms with Crippen LogP contribution < -0.4 is 10.5 Å². The first-order valence-corrected chi connectivity index (χ1v) is 7.88. The lowest BCUT2D eigenvalue weighted by atomic mass is 9.87. The van der Waals surface area contributed by atoms with Crippen molar-refractivity contribution >= 4 is 0 Å². The molecule has 1 aromatic carbocycles. The molecule has 0 saturated heterocycles. The Balaban J connectivity index is 3.01. The summed E-state index contributed by atoms with van der Waals surface area (Å²) in [6.07, 6.45) is 0. The van der Waals surface area contributed by atoms with Gasteiger partial charge < -0.3 is 10.5 Å². The second-order valence-electron chi connectivity index (χ2n) is 7.05. The summed E-state index contributed by atoms with van der Waals surface area (Å²) in [5.41, 5.74) is 8.63. The van der Waals surface area contributed by atoms with E-state index in [1.54, 1.807) is 0 Å². The zero-order chi connectivity index (χ0) is 16.2. The van der Waals surface area contributed by atoms with Crippen molar-refractivity contribution in [2.45, 2.75) is 60.2 Å². The molecule has 1 rings (SSSR count). The lowest BCUT2D eigenvalue weighted by Gasteiger charge is -2.35. The van der Waals surface area contributed by atoms with E-state index in [9.17, 15) is 0 Å². The molecule has 2 N–H and O–H groups in total. The van der Waals surface area contributed by atoms with Crippen molar-refractivity contribution in [3.8, 4) is 5.75 Å². The molecule has 0 heterocycles. The van der Waals surface area contributed by atoms with Crippen LogP contribution in [0.4, 0.5) is 0 Å². The first-order chi connectivity index (χ1) is 9.66. The Morgan fingerprint density at radius 2 is 1.86 bits per heavy atom. The Morgan fingerprint density at radius 3 is 2.33 bits per heavy atom. The van der Waals surface area contributed by atoms with E-state index in [1.807, 2.05) is 19.9 Å². The zero-order valence-corrected chi connectivity index (χ0v) is 14.7. The van der Waals surface area contributed by atoms with E-state index in [4.69, 9.17) is 10.5 Å². The maximum atomic E-state index is 6.01. The van der Waals surface area contributed by atoms with Crippen molar-refractivity contribution in [1.82, 2.24) is 4.90 Å². The summed E-state index contributed by atoms with van der Waals surface area (Å²) in [6.45, 7) is 14.7. The molecule has 0 fully saturated rings. The number of hydrogen-bond donors (Lipinski definition) is 1. The van der Waals surface area contributed by atoms with E-state index in [0.717, 1.165) is 17.9 Å². The van der Waals surface area contributed by atoms with E-state index >= 15 is 0 Å². The molecule has 0 bridgehead atoms. The molecule has 1 aromatic rings. The normalized spacial score (nSPS) is 15.1. The Labute approximate surface area is 130 Å². The quantitative estimate of drug-likeness (QED) is 0.862. The summed E-state index contributed by atoms with van der Waals surface area (Å²) in [5.74, 6) is 0.967. The smallest absolute Gasteiger partial charge is 0.123 e. The predicted octanol–water partition coefficient (Wildman–Crippen LogP) is 3.97. The lowest BCUT2D eigenvalue weighted by Crippen LogP contribution is -2.38. The van der Waals surface area contributed by atoms with Crippen molar-refractivity contribution in [2.24, 2.45) is 11.1 Å². The van der Waals surface area contributed by atoms with Gasteiger partial charge in [0.15, 0.2) is 0 Å². The van der Waals surface area contributed by atoms with Crippen molar-refractivity contribution in [3.63, 3.8) is 0 Å². The van der Waals surface area contributed by atoms with Crippen molar-refractivity contribution in [1.29, 1.82) is 0 Å². The maximum Gasteiger partial charge on any atom is 0.123 e. The van der Waals surface area contributed by atoms with Gasteiger partial charge in [-0.2, -0.15) is 0 Å². The van der Waals surface area contributed by atoms with Gasteiger partial charge >= 0.3 is 0 Å². The molecule has 0 amide bonds. The van der Waals surface area contributed by atoms with Gasteiger partial charge in [0.05, 0.1) is 6.61 Å². The number of benzene rings is 1. The van der Waals surface area contributed by atoms with Crippen LogP contribution in [0.1, 0.15) is 58.7 Å². The first-order valence-electron chi connectivity index (χ1n) is 7.88. The molecule has 0 saturated carbocycles. The van der Waals surface area contributed by atoms with Crippen LogP contribution in [0.2, 0.25) is 0 Å². The molecule has 120 valence electrons. The van der Waals surface area contributed by atoms with Gasteiger partial charge in [0.25, 0.3) is 0 Å². The van der Waals surface area contributed by atoms with Gasteiger partial charge in [0, 0.05) is 24.2 Å². The highest BCUT2D eigenvalue weighted by Crippen LogP contribution is 2.28. The molecule has 0 aliphatic carbocycles. The fraction of sp³-hybridized carbons (Fsp3) is 0.667. The maximum absolute atomic E-state index is 6.01. The lowest BCUT2D eigenvalue weighted by molar-refractivity contribution is 0.133. The SMILES string of the molecule is CCOc1ccc(C(C)N)cc1CN(C)C(C)C(C)(C)C. The summed E-state index contributed by atoms with van der Waals surface area (Å²) >= 11 is 0. The molecule has 0 aromatic heterocycles.